The summed E-state index contributed by atoms with van der Waals surface area (Å²) in [6.45, 7) is 0.00118. The second-order valence-corrected chi connectivity index (χ2v) is 7.82. The first-order valence-corrected chi connectivity index (χ1v) is 9.49. The van der Waals surface area contributed by atoms with Crippen molar-refractivity contribution in [2.24, 2.45) is 5.92 Å². The number of hydrogen-bond acceptors (Lipinski definition) is 5. The average Bonchev–Trinajstić information content (AvgIpc) is 2.62. The molecule has 1 atom stereocenters. The van der Waals surface area contributed by atoms with Crippen LogP contribution >= 0.6 is 0 Å². The minimum absolute atomic E-state index is 0.0847. The van der Waals surface area contributed by atoms with Crippen LogP contribution in [0, 0.1) is 11.7 Å². The number of carbonyl (C=O) groups excluding carboxylic acids is 1. The van der Waals surface area contributed by atoms with E-state index in [9.17, 15) is 22.4 Å². The van der Waals surface area contributed by atoms with E-state index < -0.39 is 33.8 Å². The third kappa shape index (κ3) is 4.57. The van der Waals surface area contributed by atoms with E-state index in [0.29, 0.717) is 0 Å². The fraction of sp³-hybridized carbons (Fsp3) is 0.500. The molecule has 1 aliphatic rings. The lowest BCUT2D eigenvalue weighted by Gasteiger charge is -2.30. The molecule has 10 heteroatoms. The highest BCUT2D eigenvalue weighted by atomic mass is 32.2. The van der Waals surface area contributed by atoms with Gasteiger partial charge in [0.2, 0.25) is 15.9 Å². The van der Waals surface area contributed by atoms with Gasteiger partial charge in [0, 0.05) is 26.1 Å². The van der Waals surface area contributed by atoms with Crippen LogP contribution in [0.3, 0.4) is 0 Å². The molecule has 1 unspecified atom stereocenters. The molecule has 0 aliphatic carbocycles. The van der Waals surface area contributed by atoms with Gasteiger partial charge in [-0.3, -0.25) is 4.79 Å². The van der Waals surface area contributed by atoms with E-state index in [4.69, 9.17) is 9.84 Å². The number of hydrogen-bond donors (Lipinski definition) is 2. The Morgan fingerprint density at radius 2 is 1.96 bits per heavy atom. The van der Waals surface area contributed by atoms with Gasteiger partial charge in [-0.15, -0.1) is 0 Å². The molecule has 0 spiro atoms. The normalized spacial score (nSPS) is 17.6. The van der Waals surface area contributed by atoms with Crippen molar-refractivity contribution in [3.63, 3.8) is 0 Å². The molecular weight excluding hydrogens is 367 g/mol. The molecule has 1 saturated heterocycles. The quantitative estimate of drug-likeness (QED) is 0.701. The molecule has 1 aromatic carbocycles. The number of amides is 1. The third-order valence-electron chi connectivity index (χ3n) is 4.30. The molecule has 1 aliphatic heterocycles. The molecule has 0 bridgehead atoms. The molecule has 0 saturated carbocycles. The van der Waals surface area contributed by atoms with Gasteiger partial charge in [0.05, 0.1) is 6.54 Å². The summed E-state index contributed by atoms with van der Waals surface area (Å²) in [7, 11) is -2.72. The SMILES string of the molecule is COC(CNC(=O)C1CCN(S(=O)(=O)c2ccccc2F)CC1)C(=O)O. The Bertz CT molecular complexity index is 762. The lowest BCUT2D eigenvalue weighted by Crippen LogP contribution is -2.45. The van der Waals surface area contributed by atoms with Gasteiger partial charge in [0.15, 0.2) is 6.10 Å². The molecule has 0 aromatic heterocycles. The predicted octanol–water partition coefficient (Wildman–Crippen LogP) is 0.442. The zero-order valence-electron chi connectivity index (χ0n) is 14.2. The molecule has 1 fully saturated rings. The fourth-order valence-corrected chi connectivity index (χ4v) is 4.30. The van der Waals surface area contributed by atoms with E-state index >= 15 is 0 Å². The molecule has 1 heterocycles. The van der Waals surface area contributed by atoms with E-state index in [2.05, 4.69) is 5.32 Å². The Labute approximate surface area is 151 Å². The highest BCUT2D eigenvalue weighted by Crippen LogP contribution is 2.25. The summed E-state index contributed by atoms with van der Waals surface area (Å²) in [5.41, 5.74) is 0. The minimum Gasteiger partial charge on any atom is -0.479 e. The van der Waals surface area contributed by atoms with Crippen LogP contribution in [0.2, 0.25) is 0 Å². The van der Waals surface area contributed by atoms with E-state index in [1.54, 1.807) is 0 Å². The van der Waals surface area contributed by atoms with Crippen LogP contribution in [0.25, 0.3) is 0 Å². The van der Waals surface area contributed by atoms with Gasteiger partial charge in [-0.05, 0) is 25.0 Å². The number of benzene rings is 1. The first kappa shape index (κ1) is 20.3. The topological polar surface area (TPSA) is 113 Å². The second kappa shape index (κ2) is 8.56. The van der Waals surface area contributed by atoms with Gasteiger partial charge in [-0.2, -0.15) is 4.31 Å². The highest BCUT2D eigenvalue weighted by Gasteiger charge is 2.33. The van der Waals surface area contributed by atoms with E-state index in [0.717, 1.165) is 10.4 Å². The fourth-order valence-electron chi connectivity index (χ4n) is 2.76. The van der Waals surface area contributed by atoms with Gasteiger partial charge in [-0.1, -0.05) is 12.1 Å². The van der Waals surface area contributed by atoms with Crippen LogP contribution in [0.15, 0.2) is 29.2 Å². The van der Waals surface area contributed by atoms with E-state index in [1.807, 2.05) is 0 Å². The van der Waals surface area contributed by atoms with Crippen LogP contribution in [0.5, 0.6) is 0 Å². The van der Waals surface area contributed by atoms with Crippen molar-refractivity contribution in [3.8, 4) is 0 Å². The van der Waals surface area contributed by atoms with Crippen molar-refractivity contribution >= 4 is 21.9 Å². The second-order valence-electron chi connectivity index (χ2n) is 5.92. The van der Waals surface area contributed by atoms with Gasteiger partial charge in [-0.25, -0.2) is 17.6 Å². The Hall–Kier alpha value is -2.04. The molecule has 8 nitrogen and oxygen atoms in total. The van der Waals surface area contributed by atoms with E-state index in [1.165, 1.54) is 25.3 Å². The molecule has 26 heavy (non-hydrogen) atoms. The number of ether oxygens (including phenoxy) is 1. The number of methoxy groups -OCH3 is 1. The Kier molecular flexibility index (Phi) is 6.68. The number of rotatable bonds is 7. The Morgan fingerprint density at radius 3 is 2.50 bits per heavy atom. The van der Waals surface area contributed by atoms with Gasteiger partial charge >= 0.3 is 5.97 Å². The number of sulfonamides is 1. The number of halogens is 1. The molecular formula is C16H21FN2O6S. The summed E-state index contributed by atoms with van der Waals surface area (Å²) in [6, 6.07) is 5.15. The van der Waals surface area contributed by atoms with Crippen molar-refractivity contribution < 1.29 is 32.2 Å². The van der Waals surface area contributed by atoms with Gasteiger partial charge < -0.3 is 15.2 Å². The summed E-state index contributed by atoms with van der Waals surface area (Å²) in [4.78, 5) is 22.6. The standard InChI is InChI=1S/C16H21FN2O6S/c1-25-13(16(21)22)10-18-15(20)11-6-8-19(9-7-11)26(23,24)14-5-3-2-4-12(14)17/h2-5,11,13H,6-10H2,1H3,(H,18,20)(H,21,22). The Balaban J connectivity index is 1.93. The zero-order chi connectivity index (χ0) is 19.3. The number of carboxylic acid groups (broad SMARTS) is 1. The van der Waals surface area contributed by atoms with Crippen molar-refractivity contribution in [3.05, 3.63) is 30.1 Å². The lowest BCUT2D eigenvalue weighted by molar-refractivity contribution is -0.148. The smallest absolute Gasteiger partial charge is 0.334 e. The van der Waals surface area contributed by atoms with Crippen LogP contribution in [0.1, 0.15) is 12.8 Å². The van der Waals surface area contributed by atoms with Crippen LogP contribution < -0.4 is 5.32 Å². The van der Waals surface area contributed by atoms with Gasteiger partial charge in [0.1, 0.15) is 10.7 Å². The van der Waals surface area contributed by atoms with Crippen molar-refractivity contribution in [1.82, 2.24) is 9.62 Å². The lowest BCUT2D eigenvalue weighted by atomic mass is 9.97. The van der Waals surface area contributed by atoms with Gasteiger partial charge in [0.25, 0.3) is 0 Å². The van der Waals surface area contributed by atoms with Crippen molar-refractivity contribution in [2.75, 3.05) is 26.7 Å². The van der Waals surface area contributed by atoms with Crippen LogP contribution in [-0.4, -0.2) is 62.6 Å². The molecule has 0 radical (unpaired) electrons. The van der Waals surface area contributed by atoms with Crippen molar-refractivity contribution in [2.45, 2.75) is 23.8 Å². The third-order valence-corrected chi connectivity index (χ3v) is 6.23. The largest absolute Gasteiger partial charge is 0.479 e. The molecule has 1 amide bonds. The number of carbonyl (C=O) groups is 2. The summed E-state index contributed by atoms with van der Waals surface area (Å²) in [6.07, 6.45) is -0.602. The Morgan fingerprint density at radius 1 is 1.35 bits per heavy atom. The predicted molar refractivity (Wildman–Crippen MR) is 89.3 cm³/mol. The van der Waals surface area contributed by atoms with Crippen LogP contribution in [-0.2, 0) is 24.3 Å². The number of nitrogens with one attached hydrogen (secondary N) is 1. The number of nitrogens with zero attached hydrogens (tertiary/aromatic N) is 1. The van der Waals surface area contributed by atoms with Crippen LogP contribution in [0.4, 0.5) is 4.39 Å². The number of piperidine rings is 1. The summed E-state index contributed by atoms with van der Waals surface area (Å²) < 4.78 is 44.7. The number of carboxylic acids is 1. The molecule has 2 N–H and O–H groups in total. The maximum Gasteiger partial charge on any atom is 0.334 e. The maximum atomic E-state index is 13.8. The molecule has 2 rings (SSSR count). The highest BCUT2D eigenvalue weighted by molar-refractivity contribution is 7.89. The maximum absolute atomic E-state index is 13.8. The summed E-state index contributed by atoms with van der Waals surface area (Å²) in [5.74, 6) is -2.78. The zero-order valence-corrected chi connectivity index (χ0v) is 15.0. The first-order valence-electron chi connectivity index (χ1n) is 8.05. The van der Waals surface area contributed by atoms with E-state index in [-0.39, 0.29) is 43.3 Å². The summed E-state index contributed by atoms with van der Waals surface area (Å²) in [5, 5.41) is 11.4. The molecule has 144 valence electrons. The monoisotopic (exact) mass is 388 g/mol. The first-order chi connectivity index (χ1) is 12.3. The minimum atomic E-state index is -3.95. The average molecular weight is 388 g/mol. The summed E-state index contributed by atoms with van der Waals surface area (Å²) >= 11 is 0. The molecule has 1 aromatic rings. The number of aliphatic carboxylic acids is 1. The van der Waals surface area contributed by atoms with Crippen molar-refractivity contribution in [1.29, 1.82) is 0 Å².